The second kappa shape index (κ2) is 12.8. The molecule has 2 rings (SSSR count). The Balaban J connectivity index is 0.00000132. The molecule has 0 unspecified atom stereocenters. The second-order valence-corrected chi connectivity index (χ2v) is 7.52. The molecule has 1 N–H and O–H groups in total. The van der Waals surface area contributed by atoms with E-state index in [1.807, 2.05) is 12.1 Å². The van der Waals surface area contributed by atoms with Gasteiger partial charge < -0.3 is 14.7 Å². The molecule has 0 fully saturated rings. The molecule has 0 saturated heterocycles. The van der Waals surface area contributed by atoms with Gasteiger partial charge >= 0.3 is 0 Å². The van der Waals surface area contributed by atoms with Crippen LogP contribution < -0.4 is 9.64 Å². The van der Waals surface area contributed by atoms with Gasteiger partial charge in [0.05, 0.1) is 7.11 Å². The first kappa shape index (κ1) is 24.5. The lowest BCUT2D eigenvalue weighted by molar-refractivity contribution is -0.122. The van der Waals surface area contributed by atoms with Crippen LogP contribution in [0.25, 0.3) is 5.70 Å². The molecule has 0 aromatic heterocycles. The lowest BCUT2D eigenvalue weighted by Gasteiger charge is -2.30. The molecule has 0 atom stereocenters. The van der Waals surface area contributed by atoms with Gasteiger partial charge in [0.2, 0.25) is 0 Å². The quantitative estimate of drug-likeness (QED) is 0.447. The van der Waals surface area contributed by atoms with Crippen molar-refractivity contribution >= 4 is 33.8 Å². The molecule has 0 aliphatic heterocycles. The number of halogens is 1. The van der Waals surface area contributed by atoms with Crippen molar-refractivity contribution in [2.24, 2.45) is 0 Å². The number of methoxy groups -OCH3 is 1. The van der Waals surface area contributed by atoms with Crippen molar-refractivity contribution in [3.05, 3.63) is 75.9 Å². The molecule has 0 bridgehead atoms. The monoisotopic (exact) mass is 459 g/mol. The van der Waals surface area contributed by atoms with Crippen molar-refractivity contribution in [2.45, 2.75) is 40.5 Å². The van der Waals surface area contributed by atoms with Gasteiger partial charge in [-0.1, -0.05) is 53.1 Å². The maximum absolute atomic E-state index is 8.36. The summed E-state index contributed by atoms with van der Waals surface area (Å²) in [5, 5.41) is 6.89. The molecule has 0 heterocycles. The van der Waals surface area contributed by atoms with Gasteiger partial charge in [0.15, 0.2) is 0 Å². The topological polar surface area (TPSA) is 49.8 Å². The largest absolute Gasteiger partial charge is 0.497 e. The molecule has 0 aliphatic rings. The van der Waals surface area contributed by atoms with Gasteiger partial charge in [-0.05, 0) is 69.2 Å². The van der Waals surface area contributed by atoms with Crippen LogP contribution in [0.5, 0.6) is 5.75 Å². The van der Waals surface area contributed by atoms with Crippen LogP contribution in [-0.4, -0.2) is 18.7 Å². The predicted octanol–water partition coefficient (Wildman–Crippen LogP) is 7.12. The summed E-state index contributed by atoms with van der Waals surface area (Å²) >= 11 is 3.54. The number of hydrogen-bond acceptors (Lipinski definition) is 3. The van der Waals surface area contributed by atoms with Crippen LogP contribution in [0.15, 0.2) is 70.3 Å². The van der Waals surface area contributed by atoms with Gasteiger partial charge in [-0.15, -0.1) is 0 Å². The van der Waals surface area contributed by atoms with Crippen molar-refractivity contribution in [1.82, 2.24) is 0 Å². The minimum Gasteiger partial charge on any atom is -0.497 e. The zero-order chi connectivity index (χ0) is 21.8. The number of hydrogen-bond donors (Lipinski definition) is 1. The first-order valence-electron chi connectivity index (χ1n) is 9.51. The Kier molecular flexibility index (Phi) is 10.8. The Morgan fingerprint density at radius 1 is 1.07 bits per heavy atom. The van der Waals surface area contributed by atoms with E-state index in [0.29, 0.717) is 0 Å². The number of carbonyl (C=O) groups is 1. The van der Waals surface area contributed by atoms with Gasteiger partial charge in [0, 0.05) is 21.6 Å². The smallest absolute Gasteiger partial charge is 0.290 e. The van der Waals surface area contributed by atoms with Crippen LogP contribution >= 0.6 is 15.9 Å². The minimum absolute atomic E-state index is 0.250. The molecule has 4 nitrogen and oxygen atoms in total. The zero-order valence-corrected chi connectivity index (χ0v) is 19.4. The van der Waals surface area contributed by atoms with Crippen molar-refractivity contribution in [3.63, 3.8) is 0 Å². The summed E-state index contributed by atoms with van der Waals surface area (Å²) in [6, 6.07) is 16.8. The molecule has 0 aliphatic carbocycles. The molecule has 0 saturated carbocycles. The maximum Gasteiger partial charge on any atom is 0.290 e. The average Bonchev–Trinajstić information content (AvgIpc) is 2.72. The summed E-state index contributed by atoms with van der Waals surface area (Å²) < 4.78 is 6.42. The van der Waals surface area contributed by atoms with Crippen LogP contribution in [0.1, 0.15) is 46.1 Å². The number of rotatable bonds is 7. The third-order valence-electron chi connectivity index (χ3n) is 4.40. The zero-order valence-electron chi connectivity index (χ0n) is 17.8. The van der Waals surface area contributed by atoms with E-state index in [1.165, 1.54) is 22.5 Å². The predicted molar refractivity (Wildman–Crippen MR) is 125 cm³/mol. The van der Waals surface area contributed by atoms with Crippen LogP contribution in [0, 0.1) is 0 Å². The molecular formula is C24H30BrNO3. The Morgan fingerprint density at radius 3 is 2.07 bits per heavy atom. The fraction of sp³-hybridized carbons (Fsp3) is 0.292. The average molecular weight is 460 g/mol. The minimum atomic E-state index is -0.250. The molecule has 5 heteroatoms. The van der Waals surface area contributed by atoms with Gasteiger partial charge in [-0.3, -0.25) is 4.79 Å². The van der Waals surface area contributed by atoms with E-state index in [1.54, 1.807) is 7.11 Å². The number of anilines is 1. The maximum atomic E-state index is 8.36. The van der Waals surface area contributed by atoms with Gasteiger partial charge in [0.1, 0.15) is 5.75 Å². The Bertz CT molecular complexity index is 820. The van der Waals surface area contributed by atoms with Crippen LogP contribution in [0.3, 0.4) is 0 Å². The van der Waals surface area contributed by atoms with E-state index in [0.717, 1.165) is 28.8 Å². The number of benzene rings is 2. The van der Waals surface area contributed by atoms with E-state index in [-0.39, 0.29) is 6.47 Å². The second-order valence-electron chi connectivity index (χ2n) is 6.61. The lowest BCUT2D eigenvalue weighted by Crippen LogP contribution is -2.20. The lowest BCUT2D eigenvalue weighted by atomic mass is 10.1. The van der Waals surface area contributed by atoms with Crippen LogP contribution in [0.4, 0.5) is 5.69 Å². The van der Waals surface area contributed by atoms with Crippen molar-refractivity contribution < 1.29 is 14.6 Å². The van der Waals surface area contributed by atoms with Crippen molar-refractivity contribution in [3.8, 4) is 5.75 Å². The molecule has 156 valence electrons. The highest BCUT2D eigenvalue weighted by Gasteiger charge is 2.17. The summed E-state index contributed by atoms with van der Waals surface area (Å²) in [4.78, 5) is 10.7. The highest BCUT2D eigenvalue weighted by Crippen LogP contribution is 2.33. The summed E-state index contributed by atoms with van der Waals surface area (Å²) in [6.07, 6.45) is 4.48. The first-order chi connectivity index (χ1) is 13.9. The number of carboxylic acid groups (broad SMARTS) is 1. The van der Waals surface area contributed by atoms with Crippen LogP contribution in [0.2, 0.25) is 0 Å². The van der Waals surface area contributed by atoms with E-state index < -0.39 is 0 Å². The first-order valence-corrected chi connectivity index (χ1v) is 10.3. The third-order valence-corrected chi connectivity index (χ3v) is 4.93. The van der Waals surface area contributed by atoms with E-state index in [9.17, 15) is 0 Å². The number of nitrogens with zero attached hydrogens (tertiary/aromatic N) is 1. The fourth-order valence-electron chi connectivity index (χ4n) is 2.71. The summed E-state index contributed by atoms with van der Waals surface area (Å²) in [5.41, 5.74) is 6.08. The standard InChI is InChI=1S/C23H28BrNO.CH2O2/c1-6-7-8-23(19-9-11-20(24)12-10-19)25(18(4)17(2)3)21-13-15-22(26-5)16-14-21;2-1-3/h8-16H,6-7H2,1-5H3;1H,(H,2,3)/b23-8+;. The third kappa shape index (κ3) is 7.42. The number of ether oxygens (including phenoxy) is 1. The SMILES string of the molecule is CCC/C=C(\c1ccc(Br)cc1)N(C(C)=C(C)C)c1ccc(OC)cc1.O=CO. The van der Waals surface area contributed by atoms with E-state index in [2.05, 4.69) is 91.0 Å². The van der Waals surface area contributed by atoms with Gasteiger partial charge in [0.25, 0.3) is 6.47 Å². The Labute approximate surface area is 182 Å². The molecule has 0 radical (unpaired) electrons. The normalized spacial score (nSPS) is 10.5. The molecule has 29 heavy (non-hydrogen) atoms. The summed E-state index contributed by atoms with van der Waals surface area (Å²) in [5.74, 6) is 0.867. The van der Waals surface area contributed by atoms with Crippen LogP contribution in [-0.2, 0) is 4.79 Å². The number of allylic oxidation sites excluding steroid dienone is 3. The number of unbranched alkanes of at least 4 members (excludes halogenated alkanes) is 1. The highest BCUT2D eigenvalue weighted by molar-refractivity contribution is 9.10. The van der Waals surface area contributed by atoms with E-state index >= 15 is 0 Å². The Hall–Kier alpha value is -2.53. The summed E-state index contributed by atoms with van der Waals surface area (Å²) in [7, 11) is 1.70. The van der Waals surface area contributed by atoms with Crippen molar-refractivity contribution in [2.75, 3.05) is 12.0 Å². The van der Waals surface area contributed by atoms with Crippen molar-refractivity contribution in [1.29, 1.82) is 0 Å². The molecule has 0 amide bonds. The molecule has 2 aromatic rings. The summed E-state index contributed by atoms with van der Waals surface area (Å²) in [6.45, 7) is 8.45. The molecule has 0 spiro atoms. The fourth-order valence-corrected chi connectivity index (χ4v) is 2.97. The van der Waals surface area contributed by atoms with Gasteiger partial charge in [-0.2, -0.15) is 0 Å². The Morgan fingerprint density at radius 2 is 1.62 bits per heavy atom. The van der Waals surface area contributed by atoms with Gasteiger partial charge in [-0.25, -0.2) is 0 Å². The molecule has 2 aromatic carbocycles. The van der Waals surface area contributed by atoms with E-state index in [4.69, 9.17) is 14.6 Å². The highest BCUT2D eigenvalue weighted by atomic mass is 79.9. The molecular weight excluding hydrogens is 430 g/mol.